The first-order chi connectivity index (χ1) is 13.5. The number of carbonyl (C=O) groups excluding carboxylic acids is 1. The second-order valence-corrected chi connectivity index (χ2v) is 6.43. The molecule has 0 saturated carbocycles. The van der Waals surface area contributed by atoms with Crippen LogP contribution in [0.4, 0.5) is 5.69 Å². The van der Waals surface area contributed by atoms with Gasteiger partial charge >= 0.3 is 0 Å². The molecule has 0 aliphatic heterocycles. The third kappa shape index (κ3) is 4.73. The minimum absolute atomic E-state index is 0.249. The van der Waals surface area contributed by atoms with Crippen molar-refractivity contribution in [1.29, 1.82) is 0 Å². The molecule has 6 nitrogen and oxygen atoms in total. The molecule has 0 atom stereocenters. The third-order valence-corrected chi connectivity index (χ3v) is 4.18. The lowest BCUT2D eigenvalue weighted by molar-refractivity contribution is -0.116. The number of hydrogen-bond donors (Lipinski definition) is 1. The van der Waals surface area contributed by atoms with Gasteiger partial charge in [0.1, 0.15) is 5.70 Å². The lowest BCUT2D eigenvalue weighted by Crippen LogP contribution is -2.30. The molecule has 1 aromatic carbocycles. The van der Waals surface area contributed by atoms with Crippen LogP contribution in [0.25, 0.3) is 11.8 Å². The van der Waals surface area contributed by atoms with Gasteiger partial charge in [0.05, 0.1) is 12.2 Å². The van der Waals surface area contributed by atoms with Gasteiger partial charge in [-0.15, -0.1) is 0 Å². The van der Waals surface area contributed by atoms with Gasteiger partial charge in [-0.25, -0.2) is 0 Å². The second-order valence-electron chi connectivity index (χ2n) is 6.43. The van der Waals surface area contributed by atoms with Crippen molar-refractivity contribution in [2.24, 2.45) is 0 Å². The van der Waals surface area contributed by atoms with Gasteiger partial charge in [0.2, 0.25) is 0 Å². The number of nitrogens with one attached hydrogen (secondary N) is 1. The first-order valence-corrected chi connectivity index (χ1v) is 8.90. The van der Waals surface area contributed by atoms with Crippen LogP contribution in [0.5, 0.6) is 0 Å². The Morgan fingerprint density at radius 2 is 1.82 bits per heavy atom. The van der Waals surface area contributed by atoms with Gasteiger partial charge < -0.3 is 10.2 Å². The molecule has 1 N–H and O–H groups in total. The van der Waals surface area contributed by atoms with E-state index in [-0.39, 0.29) is 23.7 Å². The predicted molar refractivity (Wildman–Crippen MR) is 112 cm³/mol. The Labute approximate surface area is 163 Å². The van der Waals surface area contributed by atoms with Crippen molar-refractivity contribution in [3.05, 3.63) is 94.7 Å². The number of hydrogen-bond acceptors (Lipinski definition) is 4. The van der Waals surface area contributed by atoms with E-state index in [1.54, 1.807) is 30.6 Å². The average molecular weight is 374 g/mol. The molecule has 0 spiro atoms. The first-order valence-electron chi connectivity index (χ1n) is 8.90. The van der Waals surface area contributed by atoms with Crippen molar-refractivity contribution >= 4 is 23.4 Å². The highest BCUT2D eigenvalue weighted by Gasteiger charge is 2.13. The summed E-state index contributed by atoms with van der Waals surface area (Å²) in [5, 5.41) is 2.84. The summed E-state index contributed by atoms with van der Waals surface area (Å²) >= 11 is 0. The molecule has 142 valence electrons. The van der Waals surface area contributed by atoms with Crippen LogP contribution < -0.4 is 15.8 Å². The summed E-state index contributed by atoms with van der Waals surface area (Å²) in [6.07, 6.45) is 4.96. The molecule has 0 aliphatic rings. The van der Waals surface area contributed by atoms with E-state index in [1.165, 1.54) is 10.6 Å². The number of anilines is 1. The van der Waals surface area contributed by atoms with E-state index in [2.05, 4.69) is 10.3 Å². The summed E-state index contributed by atoms with van der Waals surface area (Å²) in [4.78, 5) is 31.4. The van der Waals surface area contributed by atoms with Crippen molar-refractivity contribution in [1.82, 2.24) is 14.9 Å². The lowest BCUT2D eigenvalue weighted by Gasteiger charge is -2.13. The molecule has 2 aromatic heterocycles. The van der Waals surface area contributed by atoms with Crippen LogP contribution in [0.15, 0.2) is 77.9 Å². The van der Waals surface area contributed by atoms with Crippen molar-refractivity contribution in [3.63, 3.8) is 0 Å². The van der Waals surface area contributed by atoms with Gasteiger partial charge in [0.15, 0.2) is 0 Å². The van der Waals surface area contributed by atoms with E-state index < -0.39 is 0 Å². The normalized spacial score (nSPS) is 11.1. The van der Waals surface area contributed by atoms with E-state index in [0.29, 0.717) is 0 Å². The summed E-state index contributed by atoms with van der Waals surface area (Å²) in [7, 11) is 3.93. The van der Waals surface area contributed by atoms with Crippen molar-refractivity contribution in [3.8, 4) is 0 Å². The molecule has 3 rings (SSSR count). The van der Waals surface area contributed by atoms with Crippen LogP contribution in [-0.2, 0) is 11.3 Å². The molecule has 28 heavy (non-hydrogen) atoms. The Hall–Kier alpha value is -3.67. The van der Waals surface area contributed by atoms with Crippen LogP contribution in [0.3, 0.4) is 0 Å². The molecule has 0 fully saturated rings. The van der Waals surface area contributed by atoms with E-state index in [4.69, 9.17) is 0 Å². The standard InChI is InChI=1S/C22H22N4O2/c1-25(2)19-11-9-17(10-12-19)15-20(26-14-6-4-8-21(26)27)22(28)24-16-18-7-3-5-13-23-18/h3-15H,16H2,1-2H3,(H,24,28). The van der Waals surface area contributed by atoms with Gasteiger partial charge in [-0.1, -0.05) is 24.3 Å². The summed E-state index contributed by atoms with van der Waals surface area (Å²) in [5.41, 5.74) is 2.59. The number of amides is 1. The first kappa shape index (κ1) is 19.1. The third-order valence-electron chi connectivity index (χ3n) is 4.18. The van der Waals surface area contributed by atoms with E-state index in [0.717, 1.165) is 16.9 Å². The number of benzene rings is 1. The van der Waals surface area contributed by atoms with E-state index >= 15 is 0 Å². The second kappa shape index (κ2) is 8.81. The molecule has 0 unspecified atom stereocenters. The SMILES string of the molecule is CN(C)c1ccc(C=C(C(=O)NCc2ccccn2)n2ccccc2=O)cc1. The molecule has 1 amide bonds. The van der Waals surface area contributed by atoms with Crippen molar-refractivity contribution in [2.75, 3.05) is 19.0 Å². The fourth-order valence-electron chi connectivity index (χ4n) is 2.66. The monoisotopic (exact) mass is 374 g/mol. The quantitative estimate of drug-likeness (QED) is 0.674. The molecule has 0 bridgehead atoms. The fraction of sp³-hybridized carbons (Fsp3) is 0.136. The maximum Gasteiger partial charge on any atom is 0.268 e. The van der Waals surface area contributed by atoms with E-state index in [1.807, 2.05) is 61.5 Å². The largest absolute Gasteiger partial charge is 0.378 e. The lowest BCUT2D eigenvalue weighted by atomic mass is 10.1. The molecule has 2 heterocycles. The number of pyridine rings is 2. The van der Waals surface area contributed by atoms with Gasteiger partial charge in [-0.2, -0.15) is 0 Å². The summed E-state index contributed by atoms with van der Waals surface area (Å²) < 4.78 is 1.34. The summed E-state index contributed by atoms with van der Waals surface area (Å²) in [6, 6.07) is 18.0. The Morgan fingerprint density at radius 3 is 2.46 bits per heavy atom. The highest BCUT2D eigenvalue weighted by Crippen LogP contribution is 2.16. The minimum atomic E-state index is -0.351. The van der Waals surface area contributed by atoms with Crippen LogP contribution >= 0.6 is 0 Å². The van der Waals surface area contributed by atoms with Crippen LogP contribution in [0.2, 0.25) is 0 Å². The van der Waals surface area contributed by atoms with Crippen LogP contribution in [-0.4, -0.2) is 29.6 Å². The fourth-order valence-corrected chi connectivity index (χ4v) is 2.66. The van der Waals surface area contributed by atoms with Crippen LogP contribution in [0.1, 0.15) is 11.3 Å². The number of nitrogens with zero attached hydrogens (tertiary/aromatic N) is 3. The van der Waals surface area contributed by atoms with Crippen LogP contribution in [0, 0.1) is 0 Å². The number of aromatic nitrogens is 2. The van der Waals surface area contributed by atoms with Gasteiger partial charge in [0, 0.05) is 38.2 Å². The van der Waals surface area contributed by atoms with Crippen molar-refractivity contribution < 1.29 is 4.79 Å². The Balaban J connectivity index is 1.92. The Kier molecular flexibility index (Phi) is 6.01. The molecule has 3 aromatic rings. The van der Waals surface area contributed by atoms with Gasteiger partial charge in [0.25, 0.3) is 11.5 Å². The van der Waals surface area contributed by atoms with Gasteiger partial charge in [-0.3, -0.25) is 19.1 Å². The summed E-state index contributed by atoms with van der Waals surface area (Å²) in [5.74, 6) is -0.351. The number of carbonyl (C=O) groups is 1. The molecule has 0 saturated heterocycles. The molecule has 0 aliphatic carbocycles. The van der Waals surface area contributed by atoms with Gasteiger partial charge in [-0.05, 0) is 42.0 Å². The highest BCUT2D eigenvalue weighted by atomic mass is 16.2. The number of rotatable bonds is 6. The zero-order chi connectivity index (χ0) is 19.9. The Bertz CT molecular complexity index is 1020. The zero-order valence-electron chi connectivity index (χ0n) is 15.9. The zero-order valence-corrected chi connectivity index (χ0v) is 15.9. The molecular formula is C22H22N4O2. The minimum Gasteiger partial charge on any atom is -0.378 e. The molecule has 0 radical (unpaired) electrons. The average Bonchev–Trinajstić information content (AvgIpc) is 2.72. The van der Waals surface area contributed by atoms with Crippen molar-refractivity contribution in [2.45, 2.75) is 6.54 Å². The smallest absolute Gasteiger partial charge is 0.268 e. The summed E-state index contributed by atoms with van der Waals surface area (Å²) in [6.45, 7) is 0.276. The predicted octanol–water partition coefficient (Wildman–Crippen LogP) is 2.62. The Morgan fingerprint density at radius 1 is 1.07 bits per heavy atom. The van der Waals surface area contributed by atoms with E-state index in [9.17, 15) is 9.59 Å². The molecule has 6 heteroatoms. The molecular weight excluding hydrogens is 352 g/mol. The maximum atomic E-state index is 12.9. The highest BCUT2D eigenvalue weighted by molar-refractivity contribution is 6.18. The topological polar surface area (TPSA) is 67.2 Å². The maximum absolute atomic E-state index is 12.9.